The molecule has 0 fully saturated rings. The molecule has 312 valence electrons. The number of nitrogens with zero attached hydrogens (tertiary/aromatic N) is 4. The summed E-state index contributed by atoms with van der Waals surface area (Å²) in [6, 6.07) is 27.4. The smallest absolute Gasteiger partial charge is 0.300 e. The monoisotopic (exact) mass is 847 g/mol. The van der Waals surface area contributed by atoms with Crippen LogP contribution in [0.2, 0.25) is 5.02 Å². The lowest BCUT2D eigenvalue weighted by atomic mass is 9.92. The van der Waals surface area contributed by atoms with E-state index >= 15 is 0 Å². The number of hydrogen-bond donors (Lipinski definition) is 6. The zero-order valence-electron chi connectivity index (χ0n) is 34.0. The first kappa shape index (κ1) is 41.0. The van der Waals surface area contributed by atoms with Crippen LogP contribution in [0.15, 0.2) is 110 Å². The number of nitrogen functional groups attached to an aromatic ring is 1. The molecule has 0 aliphatic carbocycles. The summed E-state index contributed by atoms with van der Waals surface area (Å²) in [5.41, 5.74) is 15.9. The number of carbonyl (C=O) groups excluding carboxylic acids is 3. The number of fused-ring (bicyclic) bond motifs is 2. The fourth-order valence-corrected chi connectivity index (χ4v) is 7.63. The number of phenolic OH excluding ortho intramolecular Hbond substituents is 1. The lowest BCUT2D eigenvalue weighted by molar-refractivity contribution is -0.120. The Labute approximate surface area is 361 Å². The minimum Gasteiger partial charge on any atom is -0.508 e. The van der Waals surface area contributed by atoms with Gasteiger partial charge < -0.3 is 41.1 Å². The fraction of sp³-hybridized carbons (Fsp3) is 0.149. The summed E-state index contributed by atoms with van der Waals surface area (Å²) < 4.78 is 8.10. The zero-order chi connectivity index (χ0) is 43.5. The van der Waals surface area contributed by atoms with Crippen molar-refractivity contribution in [2.45, 2.75) is 20.3 Å². The predicted molar refractivity (Wildman–Crippen MR) is 240 cm³/mol. The Bertz CT molecular complexity index is 3000. The summed E-state index contributed by atoms with van der Waals surface area (Å²) in [6.07, 6.45) is 5.97. The van der Waals surface area contributed by atoms with E-state index in [1.54, 1.807) is 73.9 Å². The van der Waals surface area contributed by atoms with Gasteiger partial charge in [-0.3, -0.25) is 19.4 Å². The molecule has 0 unspecified atom stereocenters. The van der Waals surface area contributed by atoms with E-state index in [2.05, 4.69) is 58.7 Å². The number of halogens is 1. The third-order valence-corrected chi connectivity index (χ3v) is 10.9. The van der Waals surface area contributed by atoms with Crippen molar-refractivity contribution in [1.29, 1.82) is 0 Å². The Kier molecular flexibility index (Phi) is 11.6. The number of pyridine rings is 2. The molecule has 7 N–H and O–H groups in total. The molecular formula is C47H42ClN9O5. The standard InChI is InChI=1S/C47H42ClN9O5/c1-4-33-36(24-53-44(49)43(33)27-6-10-31(58)11-7-27)30-8-13-38(52-23-30)46(61)51-17-16-50-42(59)25-54-45(60)34-20-32(12-5-26(34)2)62-47-55-39-21-35(37(48)22-40(39)56-47)28-9-14-41-29(19-28)15-18-57(41)3/h5-15,18-24,58H,4,16-17,25H2,1-3H3,(H2,49,53)(H,50,59)(H,51,61)(H,54,60)(H,55,56). The number of aromatic nitrogens is 5. The highest BCUT2D eigenvalue weighted by Gasteiger charge is 2.18. The second-order valence-electron chi connectivity index (χ2n) is 14.7. The largest absolute Gasteiger partial charge is 0.508 e. The van der Waals surface area contributed by atoms with E-state index in [0.717, 1.165) is 49.8 Å². The number of hydrogen-bond acceptors (Lipinski definition) is 9. The third kappa shape index (κ3) is 8.62. The lowest BCUT2D eigenvalue weighted by Gasteiger charge is -2.16. The number of carbonyl (C=O) groups is 3. The van der Waals surface area contributed by atoms with Crippen molar-refractivity contribution in [2.75, 3.05) is 25.4 Å². The first-order valence-corrected chi connectivity index (χ1v) is 20.2. The summed E-state index contributed by atoms with van der Waals surface area (Å²) in [4.78, 5) is 55.2. The van der Waals surface area contributed by atoms with Crippen LogP contribution in [-0.2, 0) is 18.3 Å². The first-order valence-electron chi connectivity index (χ1n) is 19.8. The summed E-state index contributed by atoms with van der Waals surface area (Å²) >= 11 is 6.72. The van der Waals surface area contributed by atoms with E-state index in [9.17, 15) is 19.5 Å². The SMILES string of the molecule is CCc1c(-c2ccc(C(=O)NCCNC(=O)CNC(=O)c3cc(Oc4nc5cc(-c6ccc7c(ccn7C)c6)c(Cl)cc5[nH]4)ccc3C)nc2)cnc(N)c1-c1ccc(O)cc1. The quantitative estimate of drug-likeness (QED) is 0.0628. The van der Waals surface area contributed by atoms with Crippen LogP contribution in [0.4, 0.5) is 5.82 Å². The Hall–Kier alpha value is -7.71. The molecule has 0 radical (unpaired) electrons. The normalized spacial score (nSPS) is 11.2. The van der Waals surface area contributed by atoms with Gasteiger partial charge in [-0.2, -0.15) is 4.98 Å². The summed E-state index contributed by atoms with van der Waals surface area (Å²) in [5.74, 6) is -0.401. The van der Waals surface area contributed by atoms with Crippen LogP contribution < -0.4 is 26.4 Å². The van der Waals surface area contributed by atoms with Crippen molar-refractivity contribution in [3.8, 4) is 50.9 Å². The molecule has 0 bridgehead atoms. The van der Waals surface area contributed by atoms with Crippen molar-refractivity contribution in [1.82, 2.24) is 40.5 Å². The van der Waals surface area contributed by atoms with Gasteiger partial charge in [0.1, 0.15) is 23.0 Å². The molecule has 3 amide bonds. The number of imidazole rings is 1. The lowest BCUT2D eigenvalue weighted by Crippen LogP contribution is -2.40. The number of aromatic amines is 1. The average molecular weight is 848 g/mol. The highest BCUT2D eigenvalue weighted by atomic mass is 35.5. The number of benzene rings is 4. The van der Waals surface area contributed by atoms with Gasteiger partial charge in [-0.05, 0) is 96.3 Å². The number of aromatic hydroxyl groups is 1. The molecule has 0 spiro atoms. The molecule has 15 heteroatoms. The van der Waals surface area contributed by atoms with E-state index in [1.165, 1.54) is 0 Å². The van der Waals surface area contributed by atoms with Crippen molar-refractivity contribution in [3.63, 3.8) is 0 Å². The topological polar surface area (TPSA) is 202 Å². The second kappa shape index (κ2) is 17.5. The highest BCUT2D eigenvalue weighted by Crippen LogP contribution is 2.37. The summed E-state index contributed by atoms with van der Waals surface area (Å²) in [7, 11) is 2.00. The number of anilines is 1. The van der Waals surface area contributed by atoms with Crippen LogP contribution in [0.3, 0.4) is 0 Å². The molecule has 14 nitrogen and oxygen atoms in total. The fourth-order valence-electron chi connectivity index (χ4n) is 7.35. The molecule has 4 aromatic heterocycles. The van der Waals surface area contributed by atoms with Crippen LogP contribution >= 0.6 is 11.6 Å². The van der Waals surface area contributed by atoms with E-state index in [0.29, 0.717) is 45.2 Å². The molecule has 0 aliphatic heterocycles. The molecule has 62 heavy (non-hydrogen) atoms. The average Bonchev–Trinajstić information content (AvgIpc) is 3.85. The van der Waals surface area contributed by atoms with Gasteiger partial charge in [0.25, 0.3) is 17.8 Å². The van der Waals surface area contributed by atoms with Gasteiger partial charge >= 0.3 is 0 Å². The number of amides is 3. The minimum absolute atomic E-state index is 0.129. The van der Waals surface area contributed by atoms with Gasteiger partial charge in [0.05, 0.1) is 22.6 Å². The van der Waals surface area contributed by atoms with E-state index in [-0.39, 0.29) is 37.1 Å². The van der Waals surface area contributed by atoms with E-state index in [1.807, 2.05) is 38.4 Å². The van der Waals surface area contributed by atoms with Gasteiger partial charge in [-0.15, -0.1) is 0 Å². The van der Waals surface area contributed by atoms with Crippen molar-refractivity contribution < 1.29 is 24.2 Å². The zero-order valence-corrected chi connectivity index (χ0v) is 34.8. The number of aryl methyl sites for hydroxylation is 2. The first-order chi connectivity index (χ1) is 29.9. The minimum atomic E-state index is -0.459. The van der Waals surface area contributed by atoms with Crippen LogP contribution in [0.1, 0.15) is 38.9 Å². The van der Waals surface area contributed by atoms with Gasteiger partial charge in [0, 0.05) is 77.4 Å². The summed E-state index contributed by atoms with van der Waals surface area (Å²) in [6.45, 7) is 3.79. The number of nitrogens with two attached hydrogens (primary N) is 1. The van der Waals surface area contributed by atoms with Crippen molar-refractivity contribution >= 4 is 57.1 Å². The molecule has 0 saturated carbocycles. The van der Waals surface area contributed by atoms with Gasteiger partial charge in [0.2, 0.25) is 5.91 Å². The molecular weight excluding hydrogens is 806 g/mol. The molecule has 8 rings (SSSR count). The van der Waals surface area contributed by atoms with Crippen LogP contribution in [-0.4, -0.2) is 67.0 Å². The number of phenols is 1. The van der Waals surface area contributed by atoms with Crippen molar-refractivity contribution in [2.24, 2.45) is 7.05 Å². The third-order valence-electron chi connectivity index (χ3n) is 10.6. The Morgan fingerprint density at radius 1 is 0.839 bits per heavy atom. The molecule has 4 aromatic carbocycles. The molecule has 0 aliphatic rings. The molecule has 8 aromatic rings. The van der Waals surface area contributed by atoms with Gasteiger partial charge in [0.15, 0.2) is 0 Å². The van der Waals surface area contributed by atoms with Crippen molar-refractivity contribution in [3.05, 3.63) is 137 Å². The van der Waals surface area contributed by atoms with Crippen LogP contribution in [0, 0.1) is 6.92 Å². The summed E-state index contributed by atoms with van der Waals surface area (Å²) in [5, 5.41) is 19.5. The Morgan fingerprint density at radius 3 is 2.39 bits per heavy atom. The van der Waals surface area contributed by atoms with E-state index in [4.69, 9.17) is 22.1 Å². The second-order valence-corrected chi connectivity index (χ2v) is 15.1. The van der Waals surface area contributed by atoms with Gasteiger partial charge in [-0.25, -0.2) is 4.98 Å². The van der Waals surface area contributed by atoms with E-state index < -0.39 is 17.7 Å². The maximum Gasteiger partial charge on any atom is 0.300 e. The molecule has 4 heterocycles. The maximum absolute atomic E-state index is 13.2. The number of ether oxygens (including phenoxy) is 1. The Morgan fingerprint density at radius 2 is 1.61 bits per heavy atom. The predicted octanol–water partition coefficient (Wildman–Crippen LogP) is 7.73. The maximum atomic E-state index is 13.2. The number of rotatable bonds is 13. The Balaban J connectivity index is 0.822. The highest BCUT2D eigenvalue weighted by molar-refractivity contribution is 6.34. The van der Waals surface area contributed by atoms with Crippen LogP contribution in [0.5, 0.6) is 17.5 Å². The number of nitrogens with one attached hydrogen (secondary N) is 4. The number of H-pyrrole nitrogens is 1. The van der Waals surface area contributed by atoms with Gasteiger partial charge in [-0.1, -0.05) is 48.9 Å². The molecule has 0 saturated heterocycles. The molecule has 0 atom stereocenters. The van der Waals surface area contributed by atoms with Crippen LogP contribution in [0.25, 0.3) is 55.3 Å².